The van der Waals surface area contributed by atoms with E-state index in [1.165, 1.54) is 18.5 Å². The van der Waals surface area contributed by atoms with Crippen molar-refractivity contribution in [2.24, 2.45) is 0 Å². The molecule has 0 unspecified atom stereocenters. The van der Waals surface area contributed by atoms with Crippen LogP contribution in [0.2, 0.25) is 0 Å². The Morgan fingerprint density at radius 2 is 1.76 bits per heavy atom. The van der Waals surface area contributed by atoms with Gasteiger partial charge in [0, 0.05) is 18.4 Å². The first-order valence-corrected chi connectivity index (χ1v) is 11.6. The Hall–Kier alpha value is -5.19. The molecule has 0 saturated carbocycles. The maximum atomic E-state index is 13.7. The fourth-order valence-corrected chi connectivity index (χ4v) is 4.01. The van der Waals surface area contributed by atoms with Crippen LogP contribution in [0.15, 0.2) is 91.5 Å². The zero-order chi connectivity index (χ0) is 25.0. The first-order chi connectivity index (χ1) is 18.2. The van der Waals surface area contributed by atoms with Gasteiger partial charge in [-0.25, -0.2) is 28.6 Å². The SMILES string of the molecule is Fc1cccc(CNc2nc3ccccc3n2-c2ncnc(Nc3cccc(Cn4ccnn4)c3)n2)c1. The van der Waals surface area contributed by atoms with Gasteiger partial charge in [-0.05, 0) is 47.5 Å². The average Bonchev–Trinajstić information content (AvgIpc) is 3.55. The van der Waals surface area contributed by atoms with E-state index in [1.54, 1.807) is 16.9 Å². The molecule has 0 radical (unpaired) electrons. The van der Waals surface area contributed by atoms with Crippen LogP contribution in [-0.2, 0) is 13.1 Å². The smallest absolute Gasteiger partial charge is 0.241 e. The molecule has 0 atom stereocenters. The van der Waals surface area contributed by atoms with Crippen molar-refractivity contribution in [3.63, 3.8) is 0 Å². The molecule has 6 rings (SSSR count). The number of nitrogens with zero attached hydrogens (tertiary/aromatic N) is 8. The summed E-state index contributed by atoms with van der Waals surface area (Å²) in [5.74, 6) is 1.03. The van der Waals surface area contributed by atoms with Crippen LogP contribution in [0, 0.1) is 5.82 Å². The molecule has 0 fully saturated rings. The third-order valence-electron chi connectivity index (χ3n) is 5.66. The lowest BCUT2D eigenvalue weighted by Crippen LogP contribution is -2.10. The molecule has 37 heavy (non-hydrogen) atoms. The van der Waals surface area contributed by atoms with E-state index in [9.17, 15) is 4.39 Å². The predicted molar refractivity (Wildman–Crippen MR) is 137 cm³/mol. The lowest BCUT2D eigenvalue weighted by molar-refractivity contribution is 0.626. The molecular formula is C26H21FN10. The van der Waals surface area contributed by atoms with Crippen LogP contribution >= 0.6 is 0 Å². The molecule has 11 heteroatoms. The first kappa shape index (κ1) is 22.3. The predicted octanol–water partition coefficient (Wildman–Crippen LogP) is 4.35. The fraction of sp³-hybridized carbons (Fsp3) is 0.0769. The van der Waals surface area contributed by atoms with Crippen LogP contribution in [0.5, 0.6) is 0 Å². The molecule has 3 aromatic carbocycles. The van der Waals surface area contributed by atoms with Crippen LogP contribution in [0.1, 0.15) is 11.1 Å². The van der Waals surface area contributed by atoms with Gasteiger partial charge >= 0.3 is 0 Å². The highest BCUT2D eigenvalue weighted by Crippen LogP contribution is 2.24. The fourth-order valence-electron chi connectivity index (χ4n) is 4.01. The highest BCUT2D eigenvalue weighted by Gasteiger charge is 2.15. The number of hydrogen-bond donors (Lipinski definition) is 2. The number of rotatable bonds is 8. The molecule has 0 amide bonds. The monoisotopic (exact) mass is 492 g/mol. The normalized spacial score (nSPS) is 11.1. The summed E-state index contributed by atoms with van der Waals surface area (Å²) in [7, 11) is 0. The van der Waals surface area contributed by atoms with E-state index in [1.807, 2.05) is 65.4 Å². The third kappa shape index (κ3) is 4.96. The van der Waals surface area contributed by atoms with Crippen LogP contribution in [0.25, 0.3) is 17.0 Å². The highest BCUT2D eigenvalue weighted by atomic mass is 19.1. The van der Waals surface area contributed by atoms with Crippen molar-refractivity contribution in [3.05, 3.63) is 108 Å². The Bertz CT molecular complexity index is 1660. The lowest BCUT2D eigenvalue weighted by Gasteiger charge is -2.11. The van der Waals surface area contributed by atoms with Crippen LogP contribution < -0.4 is 10.6 Å². The summed E-state index contributed by atoms with van der Waals surface area (Å²) < 4.78 is 17.2. The molecule has 3 heterocycles. The number of halogens is 1. The van der Waals surface area contributed by atoms with Crippen LogP contribution in [-0.4, -0.2) is 39.5 Å². The Morgan fingerprint density at radius 1 is 0.865 bits per heavy atom. The standard InChI is InChI=1S/C26H21FN10/c27-20-7-3-5-18(13-20)15-28-25-33-22-9-1-2-10-23(22)37(25)26-30-17-29-24(34-26)32-21-8-4-6-19(14-21)16-36-12-11-31-35-36/h1-14,17H,15-16H2,(H,28,33)(H,29,30,32,34). The molecule has 0 aliphatic carbocycles. The Kier molecular flexibility index (Phi) is 5.91. The quantitative estimate of drug-likeness (QED) is 0.323. The van der Waals surface area contributed by atoms with Crippen LogP contribution in [0.3, 0.4) is 0 Å². The number of aromatic nitrogens is 8. The maximum Gasteiger partial charge on any atom is 0.241 e. The number of nitrogens with one attached hydrogen (secondary N) is 2. The Labute approximate surface area is 210 Å². The molecule has 0 spiro atoms. The molecule has 6 aromatic rings. The second-order valence-electron chi connectivity index (χ2n) is 8.28. The average molecular weight is 493 g/mol. The van der Waals surface area contributed by atoms with Gasteiger partial charge in [-0.1, -0.05) is 41.6 Å². The number of para-hydroxylation sites is 2. The maximum absolute atomic E-state index is 13.7. The molecule has 10 nitrogen and oxygen atoms in total. The Balaban J connectivity index is 1.29. The van der Waals surface area contributed by atoms with Gasteiger partial charge in [0.2, 0.25) is 17.8 Å². The molecular weight excluding hydrogens is 471 g/mol. The number of fused-ring (bicyclic) bond motifs is 1. The van der Waals surface area contributed by atoms with Crippen molar-refractivity contribution in [3.8, 4) is 5.95 Å². The van der Waals surface area contributed by atoms with Crippen molar-refractivity contribution in [2.45, 2.75) is 13.1 Å². The number of benzene rings is 3. The third-order valence-corrected chi connectivity index (χ3v) is 5.66. The van der Waals surface area contributed by atoms with Gasteiger partial charge in [0.05, 0.1) is 23.8 Å². The second-order valence-corrected chi connectivity index (χ2v) is 8.28. The van der Waals surface area contributed by atoms with E-state index < -0.39 is 0 Å². The summed E-state index contributed by atoms with van der Waals surface area (Å²) in [6, 6.07) is 22.1. The summed E-state index contributed by atoms with van der Waals surface area (Å²) in [6.07, 6.45) is 4.91. The molecule has 0 aliphatic heterocycles. The molecule has 0 saturated heterocycles. The van der Waals surface area contributed by atoms with Crippen molar-refractivity contribution in [2.75, 3.05) is 10.6 Å². The molecule has 0 bridgehead atoms. The zero-order valence-corrected chi connectivity index (χ0v) is 19.5. The summed E-state index contributed by atoms with van der Waals surface area (Å²) >= 11 is 0. The van der Waals surface area contributed by atoms with Crippen molar-refractivity contribution in [1.82, 2.24) is 39.5 Å². The van der Waals surface area contributed by atoms with Gasteiger partial charge in [-0.15, -0.1) is 5.10 Å². The highest BCUT2D eigenvalue weighted by molar-refractivity contribution is 5.80. The summed E-state index contributed by atoms with van der Waals surface area (Å²) in [4.78, 5) is 18.1. The van der Waals surface area contributed by atoms with Crippen LogP contribution in [0.4, 0.5) is 22.0 Å². The van der Waals surface area contributed by atoms with E-state index >= 15 is 0 Å². The minimum atomic E-state index is -0.286. The van der Waals surface area contributed by atoms with Gasteiger partial charge in [-0.3, -0.25) is 0 Å². The van der Waals surface area contributed by atoms with Crippen molar-refractivity contribution >= 4 is 28.6 Å². The van der Waals surface area contributed by atoms with E-state index in [4.69, 9.17) is 4.98 Å². The van der Waals surface area contributed by atoms with E-state index in [0.29, 0.717) is 30.9 Å². The van der Waals surface area contributed by atoms with Gasteiger partial charge in [0.1, 0.15) is 12.1 Å². The Morgan fingerprint density at radius 3 is 2.65 bits per heavy atom. The van der Waals surface area contributed by atoms with Crippen molar-refractivity contribution < 1.29 is 4.39 Å². The largest absolute Gasteiger partial charge is 0.351 e. The van der Waals surface area contributed by atoms with Gasteiger partial charge in [0.15, 0.2) is 0 Å². The summed E-state index contributed by atoms with van der Waals surface area (Å²) in [5, 5.41) is 14.4. The topological polar surface area (TPSA) is 111 Å². The molecule has 182 valence electrons. The van der Waals surface area contributed by atoms with E-state index in [2.05, 4.69) is 35.9 Å². The number of imidazole rings is 1. The minimum Gasteiger partial charge on any atom is -0.351 e. The number of anilines is 3. The zero-order valence-electron chi connectivity index (χ0n) is 19.5. The minimum absolute atomic E-state index is 0.286. The lowest BCUT2D eigenvalue weighted by atomic mass is 10.2. The number of hydrogen-bond acceptors (Lipinski definition) is 8. The van der Waals surface area contributed by atoms with Crippen molar-refractivity contribution in [1.29, 1.82) is 0 Å². The van der Waals surface area contributed by atoms with Gasteiger partial charge in [0.25, 0.3) is 0 Å². The van der Waals surface area contributed by atoms with Gasteiger partial charge < -0.3 is 10.6 Å². The first-order valence-electron chi connectivity index (χ1n) is 11.6. The second kappa shape index (κ2) is 9.82. The van der Waals surface area contributed by atoms with Gasteiger partial charge in [-0.2, -0.15) is 4.98 Å². The van der Waals surface area contributed by atoms with E-state index in [-0.39, 0.29) is 5.82 Å². The summed E-state index contributed by atoms with van der Waals surface area (Å²) in [6.45, 7) is 0.981. The van der Waals surface area contributed by atoms with E-state index in [0.717, 1.165) is 27.8 Å². The molecule has 0 aliphatic rings. The molecule has 3 aromatic heterocycles. The molecule has 2 N–H and O–H groups in total. The summed E-state index contributed by atoms with van der Waals surface area (Å²) in [5.41, 5.74) is 4.28.